The van der Waals surface area contributed by atoms with Crippen LogP contribution in [0.15, 0.2) is 59.5 Å². The second-order valence-corrected chi connectivity index (χ2v) is 8.24. The van der Waals surface area contributed by atoms with E-state index >= 15 is 0 Å². The third-order valence-electron chi connectivity index (χ3n) is 4.93. The van der Waals surface area contributed by atoms with Crippen molar-refractivity contribution in [3.63, 3.8) is 0 Å². The van der Waals surface area contributed by atoms with Gasteiger partial charge >= 0.3 is 0 Å². The van der Waals surface area contributed by atoms with Gasteiger partial charge in [0.1, 0.15) is 29.2 Å². The summed E-state index contributed by atoms with van der Waals surface area (Å²) in [6, 6.07) is 9.43. The summed E-state index contributed by atoms with van der Waals surface area (Å²) in [6.45, 7) is 2.09. The summed E-state index contributed by atoms with van der Waals surface area (Å²) in [5, 5.41) is 13.1. The van der Waals surface area contributed by atoms with Gasteiger partial charge in [-0.25, -0.2) is 8.78 Å². The van der Waals surface area contributed by atoms with Gasteiger partial charge in [-0.2, -0.15) is 0 Å². The van der Waals surface area contributed by atoms with Crippen LogP contribution in [0.2, 0.25) is 5.02 Å². The molecule has 2 heterocycles. The molecule has 0 spiro atoms. The van der Waals surface area contributed by atoms with Crippen molar-refractivity contribution in [2.75, 3.05) is 11.5 Å². The largest absolute Gasteiger partial charge is 0.507 e. The number of Topliss-reactive ketones (excluding diaryl/α,β-unsaturated/α-hetero) is 1. The molecule has 1 unspecified atom stereocenters. The van der Waals surface area contributed by atoms with Gasteiger partial charge in [-0.3, -0.25) is 14.5 Å². The molecule has 3 aromatic rings. The monoisotopic (exact) mass is 475 g/mol. The number of carbonyl (C=O) groups excluding carboxylic acids is 2. The first kappa shape index (κ1) is 22.0. The molecule has 2 aromatic carbocycles. The van der Waals surface area contributed by atoms with Gasteiger partial charge in [0, 0.05) is 16.5 Å². The molecule has 0 bridgehead atoms. The fraction of sp³-hybridized carbons (Fsp3) is 0.130. The zero-order valence-electron chi connectivity index (χ0n) is 16.6. The minimum absolute atomic E-state index is 0.206. The maximum absolute atomic E-state index is 14.6. The Labute approximate surface area is 191 Å². The summed E-state index contributed by atoms with van der Waals surface area (Å²) in [4.78, 5) is 27.4. The smallest absolute Gasteiger partial charge is 0.300 e. The molecule has 1 N–H and O–H groups in total. The van der Waals surface area contributed by atoms with Crippen LogP contribution in [0.25, 0.3) is 5.76 Å². The van der Waals surface area contributed by atoms with E-state index in [4.69, 9.17) is 16.3 Å². The molecule has 164 valence electrons. The van der Waals surface area contributed by atoms with E-state index in [1.165, 1.54) is 29.5 Å². The first-order chi connectivity index (χ1) is 15.3. The molecule has 1 saturated heterocycles. The quantitative estimate of drug-likeness (QED) is 0.292. The Hall–Kier alpha value is -3.23. The van der Waals surface area contributed by atoms with Gasteiger partial charge in [0.2, 0.25) is 0 Å². The highest BCUT2D eigenvalue weighted by molar-refractivity contribution is 7.10. The number of rotatable bonds is 5. The van der Waals surface area contributed by atoms with Crippen LogP contribution in [-0.4, -0.2) is 23.4 Å². The van der Waals surface area contributed by atoms with Gasteiger partial charge in [-0.1, -0.05) is 17.7 Å². The molecule has 1 aromatic heterocycles. The van der Waals surface area contributed by atoms with E-state index in [2.05, 4.69) is 0 Å². The van der Waals surface area contributed by atoms with E-state index < -0.39 is 35.1 Å². The third-order valence-corrected chi connectivity index (χ3v) is 6.17. The number of hydrogen-bond acceptors (Lipinski definition) is 5. The standard InChI is InChI=1S/C23H16ClF2NO4S/c1-2-31-17-10-12(5-7-14(17)24)21(28)19-20(18-4-3-9-32-18)27(23(30)22(19)29)16-8-6-13(25)11-15(16)26/h3-11,20,28H,2H2,1H3/b21-19-. The van der Waals surface area contributed by atoms with Crippen molar-refractivity contribution in [2.45, 2.75) is 13.0 Å². The third kappa shape index (κ3) is 3.76. The second kappa shape index (κ2) is 8.72. The minimum atomic E-state index is -1.10. The summed E-state index contributed by atoms with van der Waals surface area (Å²) in [7, 11) is 0. The summed E-state index contributed by atoms with van der Waals surface area (Å²) < 4.78 is 33.5. The molecule has 0 saturated carbocycles. The van der Waals surface area contributed by atoms with Crippen LogP contribution in [0.4, 0.5) is 14.5 Å². The van der Waals surface area contributed by atoms with E-state index in [-0.39, 0.29) is 16.8 Å². The molecular formula is C23H16ClF2NO4S. The number of hydrogen-bond donors (Lipinski definition) is 1. The zero-order chi connectivity index (χ0) is 23.0. The Balaban J connectivity index is 1.92. The maximum Gasteiger partial charge on any atom is 0.300 e. The fourth-order valence-corrected chi connectivity index (χ4v) is 4.54. The number of aliphatic hydroxyl groups is 1. The molecule has 32 heavy (non-hydrogen) atoms. The van der Waals surface area contributed by atoms with Crippen molar-refractivity contribution >= 4 is 46.1 Å². The molecule has 1 atom stereocenters. The van der Waals surface area contributed by atoms with Gasteiger partial charge in [0.15, 0.2) is 0 Å². The lowest BCUT2D eigenvalue weighted by Crippen LogP contribution is -2.30. The number of benzene rings is 2. The highest BCUT2D eigenvalue weighted by Gasteiger charge is 2.48. The van der Waals surface area contributed by atoms with Crippen molar-refractivity contribution in [1.82, 2.24) is 0 Å². The number of carbonyl (C=O) groups is 2. The molecule has 1 fully saturated rings. The predicted octanol–water partition coefficient (Wildman–Crippen LogP) is 5.70. The summed E-state index contributed by atoms with van der Waals surface area (Å²) >= 11 is 7.34. The van der Waals surface area contributed by atoms with Gasteiger partial charge in [-0.05, 0) is 48.7 Å². The van der Waals surface area contributed by atoms with Crippen LogP contribution in [0.1, 0.15) is 23.4 Å². The number of ketones is 1. The molecule has 1 aliphatic heterocycles. The maximum atomic E-state index is 14.6. The lowest BCUT2D eigenvalue weighted by molar-refractivity contribution is -0.132. The van der Waals surface area contributed by atoms with Crippen LogP contribution in [0.3, 0.4) is 0 Å². The lowest BCUT2D eigenvalue weighted by Gasteiger charge is -2.24. The lowest BCUT2D eigenvalue weighted by atomic mass is 9.99. The van der Waals surface area contributed by atoms with E-state index in [1.54, 1.807) is 24.4 Å². The van der Waals surface area contributed by atoms with E-state index in [9.17, 15) is 23.5 Å². The number of amides is 1. The van der Waals surface area contributed by atoms with Gasteiger partial charge in [0.25, 0.3) is 11.7 Å². The number of anilines is 1. The van der Waals surface area contributed by atoms with Gasteiger partial charge in [-0.15, -0.1) is 11.3 Å². The zero-order valence-corrected chi connectivity index (χ0v) is 18.2. The van der Waals surface area contributed by atoms with Crippen molar-refractivity contribution < 1.29 is 28.2 Å². The molecule has 1 amide bonds. The van der Waals surface area contributed by atoms with Crippen molar-refractivity contribution in [1.29, 1.82) is 0 Å². The first-order valence-electron chi connectivity index (χ1n) is 9.55. The Morgan fingerprint density at radius 1 is 1.19 bits per heavy atom. The summed E-state index contributed by atoms with van der Waals surface area (Å²) in [6.07, 6.45) is 0. The first-order valence-corrected chi connectivity index (χ1v) is 10.8. The molecule has 9 heteroatoms. The van der Waals surface area contributed by atoms with Crippen molar-refractivity contribution in [2.24, 2.45) is 0 Å². The second-order valence-electron chi connectivity index (χ2n) is 6.86. The van der Waals surface area contributed by atoms with Crippen LogP contribution in [0.5, 0.6) is 5.75 Å². The van der Waals surface area contributed by atoms with E-state index in [0.29, 0.717) is 28.3 Å². The predicted molar refractivity (Wildman–Crippen MR) is 118 cm³/mol. The molecule has 4 rings (SSSR count). The molecule has 0 aliphatic carbocycles. The van der Waals surface area contributed by atoms with Gasteiger partial charge < -0.3 is 9.84 Å². The Bertz CT molecular complexity index is 1240. The number of nitrogens with zero attached hydrogens (tertiary/aromatic N) is 1. The minimum Gasteiger partial charge on any atom is -0.507 e. The SMILES string of the molecule is CCOc1cc(/C(O)=C2/C(=O)C(=O)N(c3ccc(F)cc3F)C2c2cccs2)ccc1Cl. The normalized spacial score (nSPS) is 17.8. The van der Waals surface area contributed by atoms with Crippen LogP contribution in [-0.2, 0) is 9.59 Å². The number of halogens is 3. The topological polar surface area (TPSA) is 66.8 Å². The number of thiophene rings is 1. The Morgan fingerprint density at radius 3 is 2.62 bits per heavy atom. The van der Waals surface area contributed by atoms with Crippen molar-refractivity contribution in [3.05, 3.63) is 86.6 Å². The summed E-state index contributed by atoms with van der Waals surface area (Å²) in [5.41, 5.74) is -0.278. The fourth-order valence-electron chi connectivity index (χ4n) is 3.55. The highest BCUT2D eigenvalue weighted by Crippen LogP contribution is 2.44. The number of aliphatic hydroxyl groups excluding tert-OH is 1. The average Bonchev–Trinajstić information content (AvgIpc) is 3.37. The molecule has 1 aliphatic rings. The van der Waals surface area contributed by atoms with Crippen LogP contribution < -0.4 is 9.64 Å². The van der Waals surface area contributed by atoms with Gasteiger partial charge in [0.05, 0.1) is 22.9 Å². The average molecular weight is 476 g/mol. The van der Waals surface area contributed by atoms with Crippen molar-refractivity contribution in [3.8, 4) is 5.75 Å². The highest BCUT2D eigenvalue weighted by atomic mass is 35.5. The molecule has 5 nitrogen and oxygen atoms in total. The Kier molecular flexibility index (Phi) is 5.99. The van der Waals surface area contributed by atoms with E-state index in [1.807, 2.05) is 0 Å². The van der Waals surface area contributed by atoms with Crippen LogP contribution in [0, 0.1) is 11.6 Å². The Morgan fingerprint density at radius 2 is 1.97 bits per heavy atom. The number of ether oxygens (including phenoxy) is 1. The summed E-state index contributed by atoms with van der Waals surface area (Å²) in [5.74, 6) is -4.00. The van der Waals surface area contributed by atoms with Crippen LogP contribution >= 0.6 is 22.9 Å². The molecule has 0 radical (unpaired) electrons. The van der Waals surface area contributed by atoms with E-state index in [0.717, 1.165) is 17.0 Å². The molecular weight excluding hydrogens is 460 g/mol.